The summed E-state index contributed by atoms with van der Waals surface area (Å²) in [4.78, 5) is 20.1. The summed E-state index contributed by atoms with van der Waals surface area (Å²) >= 11 is 0. The third-order valence-corrected chi connectivity index (χ3v) is 4.19. The van der Waals surface area contributed by atoms with E-state index >= 15 is 0 Å². The summed E-state index contributed by atoms with van der Waals surface area (Å²) in [5.74, 6) is 0.549. The van der Waals surface area contributed by atoms with Gasteiger partial charge in [0.2, 0.25) is 0 Å². The van der Waals surface area contributed by atoms with Crippen LogP contribution in [0, 0.1) is 0 Å². The van der Waals surface area contributed by atoms with Gasteiger partial charge in [-0.15, -0.1) is 10.2 Å². The van der Waals surface area contributed by atoms with E-state index in [-0.39, 0.29) is 5.91 Å². The van der Waals surface area contributed by atoms with Crippen molar-refractivity contribution in [3.05, 3.63) is 78.2 Å². The lowest BCUT2D eigenvalue weighted by Gasteiger charge is -2.19. The zero-order valence-corrected chi connectivity index (χ0v) is 14.9. The molecule has 0 radical (unpaired) electrons. The van der Waals surface area contributed by atoms with Crippen molar-refractivity contribution >= 4 is 17.4 Å². The van der Waals surface area contributed by atoms with Crippen molar-refractivity contribution in [1.82, 2.24) is 15.2 Å². The van der Waals surface area contributed by atoms with Gasteiger partial charge in [-0.1, -0.05) is 18.2 Å². The molecule has 0 aliphatic rings. The Morgan fingerprint density at radius 2 is 1.65 bits per heavy atom. The molecule has 3 aromatic rings. The molecule has 0 aliphatic carbocycles. The molecule has 0 atom stereocenters. The fourth-order valence-corrected chi connectivity index (χ4v) is 2.54. The number of nitrogens with zero attached hydrogens (tertiary/aromatic N) is 5. The molecule has 1 aromatic carbocycles. The first kappa shape index (κ1) is 17.5. The molecule has 2 aromatic heterocycles. The summed E-state index contributed by atoms with van der Waals surface area (Å²) in [5.41, 5.74) is 2.36. The van der Waals surface area contributed by atoms with E-state index in [4.69, 9.17) is 0 Å². The second-order valence-electron chi connectivity index (χ2n) is 6.00. The molecule has 0 spiro atoms. The molecule has 0 saturated carbocycles. The minimum absolute atomic E-state index is 0.185. The number of benzene rings is 1. The minimum atomic E-state index is -0.185. The number of pyridine rings is 1. The quantitative estimate of drug-likeness (QED) is 0.686. The van der Waals surface area contributed by atoms with Crippen molar-refractivity contribution < 1.29 is 4.79 Å². The second kappa shape index (κ2) is 8.20. The van der Waals surface area contributed by atoms with Crippen LogP contribution in [0.15, 0.2) is 67.0 Å². The second-order valence-corrected chi connectivity index (χ2v) is 6.00. The van der Waals surface area contributed by atoms with E-state index < -0.39 is 0 Å². The molecule has 6 heteroatoms. The number of likely N-dealkylation sites (N-methyl/N-ethyl adjacent to an activating group) is 1. The number of hydrogen-bond donors (Lipinski definition) is 0. The summed E-state index contributed by atoms with van der Waals surface area (Å²) < 4.78 is 0. The third-order valence-electron chi connectivity index (χ3n) is 4.19. The number of amides is 1. The number of carbonyl (C=O) groups excluding carboxylic acids is 1. The maximum absolute atomic E-state index is 12.5. The Morgan fingerprint density at radius 3 is 2.31 bits per heavy atom. The van der Waals surface area contributed by atoms with E-state index in [1.165, 1.54) is 5.56 Å². The molecular weight excluding hydrogens is 326 g/mol. The lowest BCUT2D eigenvalue weighted by Crippen LogP contribution is -2.28. The molecule has 26 heavy (non-hydrogen) atoms. The monoisotopic (exact) mass is 347 g/mol. The maximum Gasteiger partial charge on any atom is 0.278 e. The first-order valence-electron chi connectivity index (χ1n) is 8.42. The lowest BCUT2D eigenvalue weighted by molar-refractivity contribution is 0.0987. The van der Waals surface area contributed by atoms with E-state index in [1.807, 2.05) is 60.5 Å². The van der Waals surface area contributed by atoms with Gasteiger partial charge in [0.05, 0.1) is 0 Å². The molecule has 0 unspecified atom stereocenters. The number of anilines is 2. The van der Waals surface area contributed by atoms with Crippen molar-refractivity contribution in [2.24, 2.45) is 0 Å². The molecule has 6 nitrogen and oxygen atoms in total. The van der Waals surface area contributed by atoms with Crippen LogP contribution in [-0.2, 0) is 6.42 Å². The normalized spacial score (nSPS) is 10.4. The Balaban J connectivity index is 1.63. The highest BCUT2D eigenvalue weighted by Crippen LogP contribution is 2.15. The Labute approximate surface area is 153 Å². The van der Waals surface area contributed by atoms with Crippen LogP contribution in [0.3, 0.4) is 0 Å². The predicted octanol–water partition coefficient (Wildman–Crippen LogP) is 2.83. The minimum Gasteiger partial charge on any atom is -0.358 e. The van der Waals surface area contributed by atoms with Crippen LogP contribution in [0.4, 0.5) is 11.5 Å². The average Bonchev–Trinajstić information content (AvgIpc) is 2.72. The fraction of sp³-hybridized carbons (Fsp3) is 0.200. The Bertz CT molecular complexity index is 837. The van der Waals surface area contributed by atoms with Gasteiger partial charge in [-0.05, 0) is 48.4 Å². The molecular formula is C20H21N5O. The molecule has 0 N–H and O–H groups in total. The van der Waals surface area contributed by atoms with Crippen molar-refractivity contribution in [3.8, 4) is 0 Å². The zero-order valence-electron chi connectivity index (χ0n) is 14.9. The van der Waals surface area contributed by atoms with Crippen molar-refractivity contribution in [3.63, 3.8) is 0 Å². The van der Waals surface area contributed by atoms with Crippen LogP contribution in [-0.4, -0.2) is 41.7 Å². The van der Waals surface area contributed by atoms with Crippen LogP contribution in [0.25, 0.3) is 0 Å². The fourth-order valence-electron chi connectivity index (χ4n) is 2.54. The molecule has 0 bridgehead atoms. The zero-order chi connectivity index (χ0) is 18.4. The number of rotatable bonds is 6. The van der Waals surface area contributed by atoms with Gasteiger partial charge in [-0.3, -0.25) is 9.78 Å². The van der Waals surface area contributed by atoms with E-state index in [2.05, 4.69) is 15.2 Å². The highest BCUT2D eigenvalue weighted by molar-refractivity contribution is 6.04. The summed E-state index contributed by atoms with van der Waals surface area (Å²) in [6.45, 7) is 0.801. The van der Waals surface area contributed by atoms with Crippen molar-refractivity contribution in [1.29, 1.82) is 0 Å². The van der Waals surface area contributed by atoms with Crippen molar-refractivity contribution in [2.75, 3.05) is 30.4 Å². The van der Waals surface area contributed by atoms with E-state index in [0.717, 1.165) is 24.5 Å². The Hall–Kier alpha value is -3.28. The maximum atomic E-state index is 12.5. The van der Waals surface area contributed by atoms with Gasteiger partial charge in [-0.2, -0.15) is 0 Å². The number of hydrogen-bond acceptors (Lipinski definition) is 5. The van der Waals surface area contributed by atoms with Crippen LogP contribution in [0.2, 0.25) is 0 Å². The molecule has 0 aliphatic heterocycles. The molecule has 0 saturated heterocycles. The van der Waals surface area contributed by atoms with Gasteiger partial charge in [0.25, 0.3) is 5.91 Å². The number of carbonyl (C=O) groups is 1. The molecule has 3 rings (SSSR count). The molecule has 132 valence electrons. The highest BCUT2D eigenvalue weighted by Gasteiger charge is 2.15. The summed E-state index contributed by atoms with van der Waals surface area (Å²) in [6.07, 6.45) is 4.47. The topological polar surface area (TPSA) is 62.2 Å². The molecule has 0 fully saturated rings. The first-order chi connectivity index (χ1) is 12.6. The highest BCUT2D eigenvalue weighted by atomic mass is 16.2. The third kappa shape index (κ3) is 4.22. The molecule has 2 heterocycles. The Kier molecular flexibility index (Phi) is 5.53. The standard InChI is InChI=1S/C20H21N5O/c1-24(15-12-16-10-13-21-14-11-16)19-9-8-18(22-23-19)20(26)25(2)17-6-4-3-5-7-17/h3-11,13-14H,12,15H2,1-2H3. The summed E-state index contributed by atoms with van der Waals surface area (Å²) in [6, 6.07) is 17.0. The van der Waals surface area contributed by atoms with Gasteiger partial charge >= 0.3 is 0 Å². The number of aromatic nitrogens is 3. The van der Waals surface area contributed by atoms with Gasteiger partial charge in [0.15, 0.2) is 11.5 Å². The van der Waals surface area contributed by atoms with Crippen molar-refractivity contribution in [2.45, 2.75) is 6.42 Å². The van der Waals surface area contributed by atoms with Gasteiger partial charge in [-0.25, -0.2) is 0 Å². The van der Waals surface area contributed by atoms with E-state index in [0.29, 0.717) is 5.69 Å². The van der Waals surface area contributed by atoms with Gasteiger partial charge in [0, 0.05) is 38.7 Å². The molecule has 1 amide bonds. The van der Waals surface area contributed by atoms with Gasteiger partial charge in [0.1, 0.15) is 0 Å². The predicted molar refractivity (Wildman–Crippen MR) is 102 cm³/mol. The summed E-state index contributed by atoms with van der Waals surface area (Å²) in [5, 5.41) is 8.31. The average molecular weight is 347 g/mol. The number of para-hydroxylation sites is 1. The lowest BCUT2D eigenvalue weighted by atomic mass is 10.2. The van der Waals surface area contributed by atoms with Crippen LogP contribution >= 0.6 is 0 Å². The first-order valence-corrected chi connectivity index (χ1v) is 8.42. The summed E-state index contributed by atoms with van der Waals surface area (Å²) in [7, 11) is 3.69. The largest absolute Gasteiger partial charge is 0.358 e. The Morgan fingerprint density at radius 1 is 0.923 bits per heavy atom. The van der Waals surface area contributed by atoms with Crippen LogP contribution in [0.1, 0.15) is 16.1 Å². The van der Waals surface area contributed by atoms with E-state index in [1.54, 1.807) is 30.4 Å². The van der Waals surface area contributed by atoms with Gasteiger partial charge < -0.3 is 9.80 Å². The van der Waals surface area contributed by atoms with Crippen LogP contribution in [0.5, 0.6) is 0 Å². The SMILES string of the molecule is CN(CCc1ccncc1)c1ccc(C(=O)N(C)c2ccccc2)nn1. The smallest absolute Gasteiger partial charge is 0.278 e. The van der Waals surface area contributed by atoms with E-state index in [9.17, 15) is 4.79 Å². The van der Waals surface area contributed by atoms with Crippen LogP contribution < -0.4 is 9.80 Å².